The zero-order valence-electron chi connectivity index (χ0n) is 19.7. The van der Waals surface area contributed by atoms with E-state index in [2.05, 4.69) is 25.3 Å². The lowest BCUT2D eigenvalue weighted by molar-refractivity contribution is -0.114. The van der Waals surface area contributed by atoms with Gasteiger partial charge in [0.15, 0.2) is 5.75 Å². The van der Waals surface area contributed by atoms with Gasteiger partial charge in [0.1, 0.15) is 17.1 Å². The Morgan fingerprint density at radius 1 is 1.25 bits per heavy atom. The molecule has 4 aromatic rings. The fourth-order valence-corrected chi connectivity index (χ4v) is 3.92. The predicted molar refractivity (Wildman–Crippen MR) is 139 cm³/mol. The third-order valence-corrected chi connectivity index (χ3v) is 5.55. The molecule has 3 N–H and O–H groups in total. The molecule has 4 rings (SSSR count). The molecule has 4 heterocycles. The van der Waals surface area contributed by atoms with E-state index in [9.17, 15) is 9.59 Å². The summed E-state index contributed by atoms with van der Waals surface area (Å²) in [7, 11) is 0. The number of hydrogen-bond acceptors (Lipinski definition) is 10. The van der Waals surface area contributed by atoms with Crippen molar-refractivity contribution in [3.8, 4) is 22.6 Å². The minimum atomic E-state index is -0.299. The van der Waals surface area contributed by atoms with Crippen LogP contribution in [0.25, 0.3) is 10.2 Å². The van der Waals surface area contributed by atoms with Crippen molar-refractivity contribution in [2.24, 2.45) is 10.7 Å². The Bertz CT molecular complexity index is 1520. The largest absolute Gasteiger partial charge is 0.439 e. The van der Waals surface area contributed by atoms with Crippen LogP contribution in [0.5, 0.6) is 22.6 Å². The van der Waals surface area contributed by atoms with Gasteiger partial charge in [-0.15, -0.1) is 0 Å². The van der Waals surface area contributed by atoms with Crippen molar-refractivity contribution in [3.05, 3.63) is 65.5 Å². The Hall–Kier alpha value is -4.58. The third-order valence-electron chi connectivity index (χ3n) is 4.66. The van der Waals surface area contributed by atoms with Crippen LogP contribution in [-0.2, 0) is 4.79 Å². The Balaban J connectivity index is 1.60. The van der Waals surface area contributed by atoms with Crippen LogP contribution < -0.4 is 26.1 Å². The van der Waals surface area contributed by atoms with Crippen molar-refractivity contribution in [2.45, 2.75) is 26.8 Å². The summed E-state index contributed by atoms with van der Waals surface area (Å²) >= 11 is 1.24. The zero-order valence-corrected chi connectivity index (χ0v) is 20.5. The summed E-state index contributed by atoms with van der Waals surface area (Å²) in [6.45, 7) is 5.19. The van der Waals surface area contributed by atoms with E-state index < -0.39 is 0 Å². The first-order valence-corrected chi connectivity index (χ1v) is 11.7. The summed E-state index contributed by atoms with van der Waals surface area (Å²) in [6.07, 6.45) is 9.20. The number of hydrogen-bond donors (Lipinski definition) is 2. The normalized spacial score (nSPS) is 11.6. The SMILES string of the molecule is CC(=O)Nc1cc(Oc2cc3sc(Oc4cc(N=C/C=C\N)cn(C(C)C)c4=O)nc3cn2)ccn1. The van der Waals surface area contributed by atoms with Crippen LogP contribution in [0.2, 0.25) is 0 Å². The molecule has 0 unspecified atom stereocenters. The van der Waals surface area contributed by atoms with Gasteiger partial charge in [-0.05, 0) is 32.2 Å². The highest BCUT2D eigenvalue weighted by Gasteiger charge is 2.15. The molecule has 11 nitrogen and oxygen atoms in total. The van der Waals surface area contributed by atoms with Gasteiger partial charge in [-0.1, -0.05) is 11.3 Å². The van der Waals surface area contributed by atoms with Crippen molar-refractivity contribution in [1.29, 1.82) is 0 Å². The number of carbonyl (C=O) groups excluding carboxylic acids is 1. The first-order valence-electron chi connectivity index (χ1n) is 10.9. The number of allylic oxidation sites excluding steroid dienone is 1. The van der Waals surface area contributed by atoms with Gasteiger partial charge in [-0.2, -0.15) is 0 Å². The molecule has 0 aliphatic rings. The lowest BCUT2D eigenvalue weighted by Crippen LogP contribution is -2.22. The van der Waals surface area contributed by atoms with Gasteiger partial charge < -0.3 is 25.1 Å². The quantitative estimate of drug-likeness (QED) is 0.332. The maximum Gasteiger partial charge on any atom is 0.294 e. The highest BCUT2D eigenvalue weighted by atomic mass is 32.1. The molecule has 12 heteroatoms. The topological polar surface area (TPSA) is 147 Å². The van der Waals surface area contributed by atoms with Crippen LogP contribution in [0.1, 0.15) is 26.8 Å². The van der Waals surface area contributed by atoms with Crippen LogP contribution >= 0.6 is 11.3 Å². The van der Waals surface area contributed by atoms with Crippen LogP contribution in [0.15, 0.2) is 64.9 Å². The predicted octanol–water partition coefficient (Wildman–Crippen LogP) is 4.55. The molecule has 4 aromatic heterocycles. The van der Waals surface area contributed by atoms with Gasteiger partial charge in [0, 0.05) is 49.8 Å². The van der Waals surface area contributed by atoms with Crippen molar-refractivity contribution < 1.29 is 14.3 Å². The summed E-state index contributed by atoms with van der Waals surface area (Å²) < 4.78 is 14.0. The van der Waals surface area contributed by atoms with Crippen LogP contribution in [0.4, 0.5) is 11.5 Å². The Morgan fingerprint density at radius 2 is 2.08 bits per heavy atom. The van der Waals surface area contributed by atoms with Crippen molar-refractivity contribution in [2.75, 3.05) is 5.32 Å². The van der Waals surface area contributed by atoms with E-state index in [1.807, 2.05) is 13.8 Å². The van der Waals surface area contributed by atoms with Gasteiger partial charge >= 0.3 is 0 Å². The molecular weight excluding hydrogens is 482 g/mol. The van der Waals surface area contributed by atoms with Gasteiger partial charge in [0.05, 0.1) is 16.6 Å². The number of thiazole rings is 1. The van der Waals surface area contributed by atoms with E-state index >= 15 is 0 Å². The van der Waals surface area contributed by atoms with Gasteiger partial charge in [-0.3, -0.25) is 14.6 Å². The van der Waals surface area contributed by atoms with Crippen LogP contribution in [0.3, 0.4) is 0 Å². The Morgan fingerprint density at radius 3 is 2.83 bits per heavy atom. The van der Waals surface area contributed by atoms with Crippen LogP contribution in [-0.4, -0.2) is 31.6 Å². The number of aromatic nitrogens is 4. The van der Waals surface area contributed by atoms with Crippen molar-refractivity contribution in [3.63, 3.8) is 0 Å². The number of aliphatic imine (C=N–C) groups is 1. The molecule has 0 spiro atoms. The molecule has 0 aliphatic heterocycles. The molecule has 0 aliphatic carbocycles. The lowest BCUT2D eigenvalue weighted by Gasteiger charge is -2.12. The Labute approximate surface area is 210 Å². The molecule has 184 valence electrons. The summed E-state index contributed by atoms with van der Waals surface area (Å²) in [6, 6.07) is 6.41. The molecule has 0 saturated heterocycles. The average molecular weight is 506 g/mol. The number of nitrogens with one attached hydrogen (secondary N) is 1. The highest BCUT2D eigenvalue weighted by Crippen LogP contribution is 2.33. The zero-order chi connectivity index (χ0) is 25.7. The fourth-order valence-electron chi connectivity index (χ4n) is 3.10. The summed E-state index contributed by atoms with van der Waals surface area (Å²) in [5.41, 5.74) is 6.17. The molecule has 0 radical (unpaired) electrons. The van der Waals surface area contributed by atoms with Crippen molar-refractivity contribution >= 4 is 45.2 Å². The molecule has 0 atom stereocenters. The second-order valence-corrected chi connectivity index (χ2v) is 8.76. The van der Waals surface area contributed by atoms with Crippen molar-refractivity contribution in [1.82, 2.24) is 19.5 Å². The maximum atomic E-state index is 12.9. The summed E-state index contributed by atoms with van der Waals surface area (Å²) in [5.74, 6) is 1.01. The molecule has 0 fully saturated rings. The molecule has 0 bridgehead atoms. The molecule has 1 amide bonds. The second-order valence-electron chi connectivity index (χ2n) is 7.76. The Kier molecular flexibility index (Phi) is 7.35. The number of nitrogens with two attached hydrogens (primary N) is 1. The number of carbonyl (C=O) groups is 1. The minimum Gasteiger partial charge on any atom is -0.439 e. The monoisotopic (exact) mass is 505 g/mol. The third kappa shape index (κ3) is 5.91. The lowest BCUT2D eigenvalue weighted by atomic mass is 10.3. The fraction of sp³-hybridized carbons (Fsp3) is 0.167. The number of anilines is 1. The van der Waals surface area contributed by atoms with Gasteiger partial charge in [0.25, 0.3) is 10.8 Å². The van der Waals surface area contributed by atoms with E-state index in [4.69, 9.17) is 15.2 Å². The van der Waals surface area contributed by atoms with E-state index in [0.717, 1.165) is 4.70 Å². The maximum absolute atomic E-state index is 12.9. The van der Waals surface area contributed by atoms with E-state index in [1.54, 1.807) is 47.3 Å². The van der Waals surface area contributed by atoms with E-state index in [1.165, 1.54) is 36.9 Å². The molecule has 0 saturated carbocycles. The second kappa shape index (κ2) is 10.8. The average Bonchev–Trinajstić information content (AvgIpc) is 3.22. The van der Waals surface area contributed by atoms with Gasteiger partial charge in [-0.25, -0.2) is 15.0 Å². The summed E-state index contributed by atoms with van der Waals surface area (Å²) in [5, 5.41) is 2.88. The molecule has 0 aromatic carbocycles. The first-order chi connectivity index (χ1) is 17.3. The number of amides is 1. The standard InChI is InChI=1S/C24H23N7O4S/c1-14(2)31-13-16(26-7-4-6-25)9-19(23(31)33)35-24-30-18-12-28-22(11-20(18)36-24)34-17-5-8-27-21(10-17)29-15(3)32/h4-14H,25H2,1-3H3,(H,27,29,32)/b6-4-,26-7?. The van der Waals surface area contributed by atoms with E-state index in [-0.39, 0.29) is 28.5 Å². The smallest absolute Gasteiger partial charge is 0.294 e. The van der Waals surface area contributed by atoms with E-state index in [0.29, 0.717) is 28.7 Å². The number of rotatable bonds is 8. The first kappa shape index (κ1) is 24.5. The minimum absolute atomic E-state index is 0.0980. The number of ether oxygens (including phenoxy) is 2. The molecule has 36 heavy (non-hydrogen) atoms. The highest BCUT2D eigenvalue weighted by molar-refractivity contribution is 7.20. The number of nitrogens with zero attached hydrogens (tertiary/aromatic N) is 5. The summed E-state index contributed by atoms with van der Waals surface area (Å²) in [4.78, 5) is 41.3. The number of fused-ring (bicyclic) bond motifs is 1. The number of pyridine rings is 3. The van der Waals surface area contributed by atoms with Crippen LogP contribution in [0, 0.1) is 0 Å². The molecular formula is C24H23N7O4S. The van der Waals surface area contributed by atoms with Gasteiger partial charge in [0.2, 0.25) is 11.8 Å².